The fourth-order valence-electron chi connectivity index (χ4n) is 3.06. The molecule has 6 nitrogen and oxygen atoms in total. The summed E-state index contributed by atoms with van der Waals surface area (Å²) in [4.78, 5) is 0.161. The summed E-state index contributed by atoms with van der Waals surface area (Å²) in [5.74, 6) is 0.340. The van der Waals surface area contributed by atoms with E-state index in [0.717, 1.165) is 0 Å². The first-order chi connectivity index (χ1) is 11.9. The molecule has 1 aromatic heterocycles. The molecule has 1 fully saturated rings. The molecule has 1 aliphatic heterocycles. The molecule has 2 heterocycles. The molecular formula is C17H21FN2O4S. The molecule has 3 rings (SSSR count). The molecule has 0 spiro atoms. The van der Waals surface area contributed by atoms with Gasteiger partial charge in [-0.05, 0) is 44.7 Å². The second-order valence-electron chi connectivity index (χ2n) is 6.24. The smallest absolute Gasteiger partial charge is 0.248 e. The first kappa shape index (κ1) is 17.9. The second kappa shape index (κ2) is 7.13. The molecule has 0 N–H and O–H groups in total. The van der Waals surface area contributed by atoms with Crippen molar-refractivity contribution < 1.29 is 22.1 Å². The molecule has 0 unspecified atom stereocenters. The lowest BCUT2D eigenvalue weighted by Crippen LogP contribution is -2.40. The predicted molar refractivity (Wildman–Crippen MR) is 89.4 cm³/mol. The predicted octanol–water partition coefficient (Wildman–Crippen LogP) is 2.91. The van der Waals surface area contributed by atoms with Gasteiger partial charge in [-0.15, -0.1) is 0 Å². The number of hydrogen-bond acceptors (Lipinski definition) is 5. The van der Waals surface area contributed by atoms with Crippen molar-refractivity contribution in [2.24, 2.45) is 5.92 Å². The molecule has 136 valence electrons. The number of aromatic nitrogens is 1. The summed E-state index contributed by atoms with van der Waals surface area (Å²) in [6, 6.07) is 6.28. The highest BCUT2D eigenvalue weighted by atomic mass is 32.2. The van der Waals surface area contributed by atoms with Crippen LogP contribution in [-0.4, -0.2) is 37.6 Å². The van der Waals surface area contributed by atoms with Crippen LogP contribution in [-0.2, 0) is 10.0 Å². The number of hydrogen-bond donors (Lipinski definition) is 0. The number of para-hydroxylation sites is 1. The molecule has 1 aromatic carbocycles. The van der Waals surface area contributed by atoms with Crippen LogP contribution < -0.4 is 4.74 Å². The highest BCUT2D eigenvalue weighted by molar-refractivity contribution is 7.89. The van der Waals surface area contributed by atoms with E-state index in [0.29, 0.717) is 44.0 Å². The minimum absolute atomic E-state index is 0.161. The van der Waals surface area contributed by atoms with Crippen LogP contribution in [0.25, 0.3) is 0 Å². The minimum Gasteiger partial charge on any atom is -0.490 e. The van der Waals surface area contributed by atoms with Gasteiger partial charge in [0, 0.05) is 13.1 Å². The quantitative estimate of drug-likeness (QED) is 0.811. The van der Waals surface area contributed by atoms with Gasteiger partial charge in [-0.25, -0.2) is 12.8 Å². The molecule has 0 radical (unpaired) electrons. The number of piperidine rings is 1. The highest BCUT2D eigenvalue weighted by Gasteiger charge is 2.33. The van der Waals surface area contributed by atoms with E-state index in [1.165, 1.54) is 10.4 Å². The maximum absolute atomic E-state index is 13.6. The van der Waals surface area contributed by atoms with Crippen LogP contribution in [0, 0.1) is 25.6 Å². The molecule has 0 amide bonds. The normalized spacial score (nSPS) is 16.9. The number of halogens is 1. The molecule has 0 saturated carbocycles. The highest BCUT2D eigenvalue weighted by Crippen LogP contribution is 2.28. The largest absolute Gasteiger partial charge is 0.490 e. The van der Waals surface area contributed by atoms with E-state index in [1.807, 2.05) is 0 Å². The van der Waals surface area contributed by atoms with E-state index < -0.39 is 10.0 Å². The van der Waals surface area contributed by atoms with E-state index in [2.05, 4.69) is 5.16 Å². The lowest BCUT2D eigenvalue weighted by atomic mass is 9.99. The SMILES string of the molecule is Cc1noc(C)c1S(=O)(=O)N1CCC(COc2ccccc2F)CC1. The Hall–Kier alpha value is -1.93. The Bertz CT molecular complexity index is 823. The minimum atomic E-state index is -3.60. The van der Waals surface area contributed by atoms with Crippen LogP contribution in [0.3, 0.4) is 0 Å². The fraction of sp³-hybridized carbons (Fsp3) is 0.471. The Labute approximate surface area is 146 Å². The molecule has 25 heavy (non-hydrogen) atoms. The molecule has 1 aliphatic rings. The third kappa shape index (κ3) is 3.69. The Morgan fingerprint density at radius 1 is 1.28 bits per heavy atom. The van der Waals surface area contributed by atoms with Crippen LogP contribution >= 0.6 is 0 Å². The lowest BCUT2D eigenvalue weighted by molar-refractivity contribution is 0.181. The summed E-state index contributed by atoms with van der Waals surface area (Å²) < 4.78 is 51.1. The van der Waals surface area contributed by atoms with Gasteiger partial charge < -0.3 is 9.26 Å². The summed E-state index contributed by atoms with van der Waals surface area (Å²) in [6.45, 7) is 4.40. The lowest BCUT2D eigenvalue weighted by Gasteiger charge is -2.31. The zero-order chi connectivity index (χ0) is 18.0. The maximum Gasteiger partial charge on any atom is 0.248 e. The second-order valence-corrected chi connectivity index (χ2v) is 8.12. The van der Waals surface area contributed by atoms with Gasteiger partial charge >= 0.3 is 0 Å². The maximum atomic E-state index is 13.6. The molecule has 2 aromatic rings. The van der Waals surface area contributed by atoms with Gasteiger partial charge in [0.25, 0.3) is 0 Å². The standard InChI is InChI=1S/C17H21FN2O4S/c1-12-17(13(2)24-19-12)25(21,22)20-9-7-14(8-10-20)11-23-16-6-4-3-5-15(16)18/h3-6,14H,7-11H2,1-2H3. The third-order valence-corrected chi connectivity index (χ3v) is 6.59. The van der Waals surface area contributed by atoms with Gasteiger partial charge in [-0.2, -0.15) is 4.31 Å². The van der Waals surface area contributed by atoms with Crippen molar-refractivity contribution in [3.05, 3.63) is 41.5 Å². The summed E-state index contributed by atoms with van der Waals surface area (Å²) in [5, 5.41) is 3.73. The van der Waals surface area contributed by atoms with E-state index >= 15 is 0 Å². The van der Waals surface area contributed by atoms with Crippen molar-refractivity contribution in [3.63, 3.8) is 0 Å². The molecule has 8 heteroatoms. The summed E-state index contributed by atoms with van der Waals surface area (Å²) in [5.41, 5.74) is 0.377. The van der Waals surface area contributed by atoms with E-state index in [1.54, 1.807) is 32.0 Å². The van der Waals surface area contributed by atoms with Crippen molar-refractivity contribution in [3.8, 4) is 5.75 Å². The first-order valence-corrected chi connectivity index (χ1v) is 9.64. The molecule has 0 bridgehead atoms. The van der Waals surface area contributed by atoms with Crippen LogP contribution in [0.4, 0.5) is 4.39 Å². The average Bonchev–Trinajstić information content (AvgIpc) is 2.94. The van der Waals surface area contributed by atoms with Gasteiger partial charge in [0.2, 0.25) is 10.0 Å². The van der Waals surface area contributed by atoms with E-state index in [-0.39, 0.29) is 22.4 Å². The van der Waals surface area contributed by atoms with Crippen LogP contribution in [0.5, 0.6) is 5.75 Å². The molecule has 0 aliphatic carbocycles. The zero-order valence-electron chi connectivity index (χ0n) is 14.2. The van der Waals surface area contributed by atoms with E-state index in [4.69, 9.17) is 9.26 Å². The summed E-state index contributed by atoms with van der Waals surface area (Å²) in [6.07, 6.45) is 1.33. The summed E-state index contributed by atoms with van der Waals surface area (Å²) in [7, 11) is -3.60. The Morgan fingerprint density at radius 2 is 1.96 bits per heavy atom. The average molecular weight is 368 g/mol. The number of sulfonamides is 1. The van der Waals surface area contributed by atoms with Crippen molar-refractivity contribution >= 4 is 10.0 Å². The van der Waals surface area contributed by atoms with Crippen molar-refractivity contribution in [1.82, 2.24) is 9.46 Å². The van der Waals surface area contributed by atoms with Gasteiger partial charge in [-0.3, -0.25) is 0 Å². The van der Waals surface area contributed by atoms with Crippen LogP contribution in [0.15, 0.2) is 33.7 Å². The van der Waals surface area contributed by atoms with Crippen LogP contribution in [0.1, 0.15) is 24.3 Å². The number of rotatable bonds is 5. The molecule has 0 atom stereocenters. The van der Waals surface area contributed by atoms with E-state index in [9.17, 15) is 12.8 Å². The summed E-state index contributed by atoms with van der Waals surface area (Å²) >= 11 is 0. The van der Waals surface area contributed by atoms with Gasteiger partial charge in [0.1, 0.15) is 10.6 Å². The van der Waals surface area contributed by atoms with Crippen molar-refractivity contribution in [2.45, 2.75) is 31.6 Å². The van der Waals surface area contributed by atoms with Crippen molar-refractivity contribution in [2.75, 3.05) is 19.7 Å². The number of benzene rings is 1. The third-order valence-electron chi connectivity index (χ3n) is 4.45. The van der Waals surface area contributed by atoms with Gasteiger partial charge in [0.05, 0.1) is 6.61 Å². The first-order valence-electron chi connectivity index (χ1n) is 8.20. The monoisotopic (exact) mass is 368 g/mol. The van der Waals surface area contributed by atoms with Crippen LogP contribution in [0.2, 0.25) is 0 Å². The fourth-order valence-corrected chi connectivity index (χ4v) is 4.82. The molecular weight excluding hydrogens is 347 g/mol. The number of ether oxygens (including phenoxy) is 1. The Morgan fingerprint density at radius 3 is 2.56 bits per heavy atom. The Kier molecular flexibility index (Phi) is 5.10. The van der Waals surface area contributed by atoms with Gasteiger partial charge in [-0.1, -0.05) is 17.3 Å². The zero-order valence-corrected chi connectivity index (χ0v) is 15.1. The Balaban J connectivity index is 1.59. The topological polar surface area (TPSA) is 72.6 Å². The van der Waals surface area contributed by atoms with Gasteiger partial charge in [0.15, 0.2) is 17.3 Å². The van der Waals surface area contributed by atoms with Crippen molar-refractivity contribution in [1.29, 1.82) is 0 Å². The number of nitrogens with zero attached hydrogens (tertiary/aromatic N) is 2. The molecule has 1 saturated heterocycles. The number of aryl methyl sites for hydroxylation is 2.